The van der Waals surface area contributed by atoms with Crippen LogP contribution in [0, 0.1) is 10.1 Å². The first-order chi connectivity index (χ1) is 8.68. The Hall–Kier alpha value is -2.76. The Bertz CT molecular complexity index is 584. The van der Waals surface area contributed by atoms with Gasteiger partial charge in [0.1, 0.15) is 5.69 Å². The minimum atomic E-state index is -0.540. The fourth-order valence-electron chi connectivity index (χ4n) is 1.44. The lowest BCUT2D eigenvalue weighted by molar-refractivity contribution is -0.383. The molecule has 2 aromatic rings. The number of para-hydroxylation sites is 2. The summed E-state index contributed by atoms with van der Waals surface area (Å²) < 4.78 is 0. The lowest BCUT2D eigenvalue weighted by Gasteiger charge is -2.05. The molecule has 6 nitrogen and oxygen atoms in total. The molecule has 1 amide bonds. The lowest BCUT2D eigenvalue weighted by Crippen LogP contribution is -2.12. The topological polar surface area (TPSA) is 85.1 Å². The molecule has 1 N–H and O–H groups in total. The molecule has 0 unspecified atom stereocenters. The number of nitro benzene ring substituents is 1. The summed E-state index contributed by atoms with van der Waals surface area (Å²) >= 11 is 0. The van der Waals surface area contributed by atoms with Gasteiger partial charge in [0, 0.05) is 24.0 Å². The van der Waals surface area contributed by atoms with E-state index in [1.54, 1.807) is 12.1 Å². The number of rotatable bonds is 3. The summed E-state index contributed by atoms with van der Waals surface area (Å²) in [6.45, 7) is 0. The molecule has 1 heterocycles. The zero-order valence-electron chi connectivity index (χ0n) is 9.24. The first-order valence-corrected chi connectivity index (χ1v) is 5.13. The van der Waals surface area contributed by atoms with Gasteiger partial charge in [-0.25, -0.2) is 0 Å². The van der Waals surface area contributed by atoms with Gasteiger partial charge in [0.25, 0.3) is 11.6 Å². The van der Waals surface area contributed by atoms with Crippen molar-refractivity contribution in [3.8, 4) is 0 Å². The van der Waals surface area contributed by atoms with E-state index >= 15 is 0 Å². The number of nitro groups is 1. The molecular formula is C12H9N3O3. The summed E-state index contributed by atoms with van der Waals surface area (Å²) in [6.07, 6.45) is 2.96. The zero-order chi connectivity index (χ0) is 13.0. The third-order valence-corrected chi connectivity index (χ3v) is 2.29. The molecule has 0 aliphatic heterocycles. The Morgan fingerprint density at radius 3 is 2.50 bits per heavy atom. The molecule has 18 heavy (non-hydrogen) atoms. The third-order valence-electron chi connectivity index (χ3n) is 2.29. The first-order valence-electron chi connectivity index (χ1n) is 5.13. The van der Waals surface area contributed by atoms with Crippen LogP contribution in [0.5, 0.6) is 0 Å². The molecule has 0 fully saturated rings. The number of aromatic nitrogens is 1. The predicted molar refractivity (Wildman–Crippen MR) is 65.3 cm³/mol. The molecule has 0 atom stereocenters. The number of pyridine rings is 1. The molecule has 0 radical (unpaired) electrons. The van der Waals surface area contributed by atoms with Crippen molar-refractivity contribution in [2.24, 2.45) is 0 Å². The van der Waals surface area contributed by atoms with Gasteiger partial charge < -0.3 is 5.32 Å². The number of benzene rings is 1. The number of hydrogen-bond donors (Lipinski definition) is 1. The number of hydrogen-bond acceptors (Lipinski definition) is 4. The zero-order valence-corrected chi connectivity index (χ0v) is 9.24. The van der Waals surface area contributed by atoms with Crippen LogP contribution in [0.3, 0.4) is 0 Å². The summed E-state index contributed by atoms with van der Waals surface area (Å²) in [5, 5.41) is 13.3. The lowest BCUT2D eigenvalue weighted by atomic mass is 10.2. The second kappa shape index (κ2) is 5.05. The van der Waals surface area contributed by atoms with Gasteiger partial charge >= 0.3 is 0 Å². The van der Waals surface area contributed by atoms with Gasteiger partial charge in [-0.2, -0.15) is 0 Å². The SMILES string of the molecule is O=C(Nc1ccccc1[N+](=O)[O-])c1ccncc1. The molecule has 1 aromatic heterocycles. The number of nitrogens with one attached hydrogen (secondary N) is 1. The number of anilines is 1. The summed E-state index contributed by atoms with van der Waals surface area (Å²) in [6, 6.07) is 9.04. The normalized spacial score (nSPS) is 9.78. The molecular weight excluding hydrogens is 234 g/mol. The van der Waals surface area contributed by atoms with E-state index in [2.05, 4.69) is 10.3 Å². The Kier molecular flexibility index (Phi) is 3.29. The number of carbonyl (C=O) groups excluding carboxylic acids is 1. The maximum absolute atomic E-state index is 11.8. The van der Waals surface area contributed by atoms with E-state index in [0.29, 0.717) is 5.56 Å². The van der Waals surface area contributed by atoms with Gasteiger partial charge in [0.2, 0.25) is 0 Å². The highest BCUT2D eigenvalue weighted by Crippen LogP contribution is 2.23. The average Bonchev–Trinajstić information content (AvgIpc) is 2.40. The number of amides is 1. The van der Waals surface area contributed by atoms with Crippen molar-refractivity contribution < 1.29 is 9.72 Å². The maximum Gasteiger partial charge on any atom is 0.292 e. The Morgan fingerprint density at radius 1 is 1.17 bits per heavy atom. The summed E-state index contributed by atoms with van der Waals surface area (Å²) in [5.74, 6) is -0.410. The highest BCUT2D eigenvalue weighted by Gasteiger charge is 2.15. The van der Waals surface area contributed by atoms with Crippen LogP contribution >= 0.6 is 0 Å². The number of nitrogens with zero attached hydrogens (tertiary/aromatic N) is 2. The molecule has 1 aromatic carbocycles. The highest BCUT2D eigenvalue weighted by molar-refractivity contribution is 6.05. The second-order valence-corrected chi connectivity index (χ2v) is 3.46. The van der Waals surface area contributed by atoms with Crippen molar-refractivity contribution >= 4 is 17.3 Å². The van der Waals surface area contributed by atoms with Crippen molar-refractivity contribution in [2.75, 3.05) is 5.32 Å². The fraction of sp³-hybridized carbons (Fsp3) is 0. The molecule has 0 saturated heterocycles. The number of carbonyl (C=O) groups is 1. The van der Waals surface area contributed by atoms with Gasteiger partial charge in [-0.15, -0.1) is 0 Å². The second-order valence-electron chi connectivity index (χ2n) is 3.46. The fourth-order valence-corrected chi connectivity index (χ4v) is 1.44. The highest BCUT2D eigenvalue weighted by atomic mass is 16.6. The molecule has 0 bridgehead atoms. The largest absolute Gasteiger partial charge is 0.316 e. The average molecular weight is 243 g/mol. The predicted octanol–water partition coefficient (Wildman–Crippen LogP) is 2.24. The van der Waals surface area contributed by atoms with Crippen molar-refractivity contribution in [3.63, 3.8) is 0 Å². The van der Waals surface area contributed by atoms with Crippen LogP contribution in [-0.2, 0) is 0 Å². The standard InChI is InChI=1S/C12H9N3O3/c16-12(9-5-7-13-8-6-9)14-10-3-1-2-4-11(10)15(17)18/h1-8H,(H,14,16). The van der Waals surface area contributed by atoms with Crippen molar-refractivity contribution in [2.45, 2.75) is 0 Å². The Morgan fingerprint density at radius 2 is 1.83 bits per heavy atom. The van der Waals surface area contributed by atoms with Gasteiger partial charge in [-0.1, -0.05) is 12.1 Å². The van der Waals surface area contributed by atoms with Crippen LogP contribution in [0.4, 0.5) is 11.4 Å². The van der Waals surface area contributed by atoms with Gasteiger partial charge in [0.05, 0.1) is 4.92 Å². The van der Waals surface area contributed by atoms with Crippen LogP contribution in [0.2, 0.25) is 0 Å². The van der Waals surface area contributed by atoms with E-state index in [4.69, 9.17) is 0 Å². The summed E-state index contributed by atoms with van der Waals surface area (Å²) in [7, 11) is 0. The third kappa shape index (κ3) is 2.49. The molecule has 0 aliphatic rings. The quantitative estimate of drug-likeness (QED) is 0.661. The van der Waals surface area contributed by atoms with Gasteiger partial charge in [0.15, 0.2) is 0 Å². The van der Waals surface area contributed by atoms with Crippen LogP contribution in [-0.4, -0.2) is 15.8 Å². The molecule has 90 valence electrons. The van der Waals surface area contributed by atoms with Crippen LogP contribution in [0.15, 0.2) is 48.8 Å². The van der Waals surface area contributed by atoms with E-state index in [0.717, 1.165) is 0 Å². The van der Waals surface area contributed by atoms with E-state index in [1.807, 2.05) is 0 Å². The molecule has 2 rings (SSSR count). The van der Waals surface area contributed by atoms with Gasteiger partial charge in [-0.05, 0) is 18.2 Å². The molecule has 0 spiro atoms. The van der Waals surface area contributed by atoms with E-state index < -0.39 is 10.8 Å². The monoisotopic (exact) mass is 243 g/mol. The van der Waals surface area contributed by atoms with E-state index in [1.165, 1.54) is 36.7 Å². The molecule has 6 heteroatoms. The van der Waals surface area contributed by atoms with Crippen LogP contribution in [0.1, 0.15) is 10.4 Å². The van der Waals surface area contributed by atoms with E-state index in [-0.39, 0.29) is 11.4 Å². The summed E-state index contributed by atoms with van der Waals surface area (Å²) in [4.78, 5) is 25.9. The smallest absolute Gasteiger partial charge is 0.292 e. The van der Waals surface area contributed by atoms with E-state index in [9.17, 15) is 14.9 Å². The first kappa shape index (κ1) is 11.7. The minimum absolute atomic E-state index is 0.139. The van der Waals surface area contributed by atoms with Crippen molar-refractivity contribution in [3.05, 3.63) is 64.5 Å². The summed E-state index contributed by atoms with van der Waals surface area (Å²) in [5.41, 5.74) is 0.423. The minimum Gasteiger partial charge on any atom is -0.316 e. The van der Waals surface area contributed by atoms with Crippen LogP contribution in [0.25, 0.3) is 0 Å². The maximum atomic E-state index is 11.8. The van der Waals surface area contributed by atoms with Gasteiger partial charge in [-0.3, -0.25) is 19.9 Å². The van der Waals surface area contributed by atoms with Crippen LogP contribution < -0.4 is 5.32 Å². The van der Waals surface area contributed by atoms with Crippen molar-refractivity contribution in [1.82, 2.24) is 4.98 Å². The molecule has 0 saturated carbocycles. The molecule has 0 aliphatic carbocycles. The Balaban J connectivity index is 2.25. The Labute approximate surface area is 102 Å². The van der Waals surface area contributed by atoms with Crippen molar-refractivity contribution in [1.29, 1.82) is 0 Å².